The number of β-lactam (4-membered cyclic amide) rings is 1. The summed E-state index contributed by atoms with van der Waals surface area (Å²) in [7, 11) is 0. The summed E-state index contributed by atoms with van der Waals surface area (Å²) in [6, 6.07) is 9.25. The van der Waals surface area contributed by atoms with Crippen LogP contribution in [0.25, 0.3) is 0 Å². The van der Waals surface area contributed by atoms with Gasteiger partial charge >= 0.3 is 0 Å². The third kappa shape index (κ3) is 2.75. The third-order valence-electron chi connectivity index (χ3n) is 4.31. The molecule has 0 spiro atoms. The molecular weight excluding hydrogens is 344 g/mol. The van der Waals surface area contributed by atoms with Crippen molar-refractivity contribution in [2.75, 3.05) is 0 Å². The minimum atomic E-state index is -0.705. The van der Waals surface area contributed by atoms with Gasteiger partial charge in [-0.1, -0.05) is 31.7 Å². The lowest BCUT2D eigenvalue weighted by Crippen LogP contribution is -2.61. The Bertz CT molecular complexity index is 784. The Morgan fingerprint density at radius 1 is 1.54 bits per heavy atom. The zero-order chi connectivity index (χ0) is 17.4. The Morgan fingerprint density at radius 2 is 2.29 bits per heavy atom. The van der Waals surface area contributed by atoms with Crippen LogP contribution in [-0.2, 0) is 16.0 Å². The number of hydrogen-bond donors (Lipinski definition) is 2. The smallest absolute Gasteiger partial charge is 0.236 e. The second kappa shape index (κ2) is 6.63. The van der Waals surface area contributed by atoms with Gasteiger partial charge in [-0.15, -0.1) is 11.8 Å². The van der Waals surface area contributed by atoms with Crippen LogP contribution < -0.4 is 0 Å². The molecule has 1 fully saturated rings. The summed E-state index contributed by atoms with van der Waals surface area (Å²) in [4.78, 5) is 26.5. The summed E-state index contributed by atoms with van der Waals surface area (Å²) in [6.07, 6.45) is 0.242. The highest BCUT2D eigenvalue weighted by molar-refractivity contribution is 8.04. The average Bonchev–Trinajstić information content (AvgIpc) is 2.89. The molecule has 2 aliphatic heterocycles. The van der Waals surface area contributed by atoms with Crippen LogP contribution in [0.1, 0.15) is 24.5 Å². The maximum Gasteiger partial charge on any atom is 0.236 e. The molecule has 24 heavy (non-hydrogen) atoms. The van der Waals surface area contributed by atoms with Crippen LogP contribution in [-0.4, -0.2) is 32.5 Å². The molecule has 1 aromatic rings. The fourth-order valence-corrected chi connectivity index (χ4v) is 5.00. The van der Waals surface area contributed by atoms with E-state index in [0.29, 0.717) is 24.1 Å². The number of nitriles is 1. The maximum absolute atomic E-state index is 12.3. The van der Waals surface area contributed by atoms with Crippen LogP contribution in [0.4, 0.5) is 0 Å². The van der Waals surface area contributed by atoms with E-state index in [2.05, 4.69) is 18.7 Å². The van der Waals surface area contributed by atoms with Crippen molar-refractivity contribution in [2.24, 2.45) is 5.92 Å². The summed E-state index contributed by atoms with van der Waals surface area (Å²) in [5.74, 6) is -0.703. The molecule has 1 N–H and O–H groups in total. The first-order valence-electron chi connectivity index (χ1n) is 7.61. The second-order valence-electron chi connectivity index (χ2n) is 5.78. The van der Waals surface area contributed by atoms with Crippen LogP contribution >= 0.6 is 24.4 Å². The molecule has 7 heteroatoms. The summed E-state index contributed by atoms with van der Waals surface area (Å²) in [5, 5.41) is 18.4. The van der Waals surface area contributed by atoms with Gasteiger partial charge in [0.05, 0.1) is 23.7 Å². The van der Waals surface area contributed by atoms with Crippen molar-refractivity contribution in [3.8, 4) is 6.07 Å². The molecule has 2 aliphatic rings. The average molecular weight is 360 g/mol. The lowest BCUT2D eigenvalue weighted by molar-refractivity contribution is -0.154. The molecule has 0 saturated carbocycles. The van der Waals surface area contributed by atoms with Gasteiger partial charge in [-0.2, -0.15) is 5.26 Å². The highest BCUT2D eigenvalue weighted by atomic mass is 32.2. The van der Waals surface area contributed by atoms with E-state index in [0.717, 1.165) is 10.5 Å². The van der Waals surface area contributed by atoms with Crippen molar-refractivity contribution in [1.82, 2.24) is 4.90 Å². The van der Waals surface area contributed by atoms with E-state index in [1.165, 1.54) is 16.7 Å². The minimum Gasteiger partial charge on any atom is -0.392 e. The molecule has 1 saturated heterocycles. The zero-order valence-corrected chi connectivity index (χ0v) is 14.7. The number of allylic oxidation sites excluding steroid dienone is 1. The van der Waals surface area contributed by atoms with Crippen molar-refractivity contribution >= 4 is 35.4 Å². The van der Waals surface area contributed by atoms with E-state index in [1.54, 1.807) is 18.2 Å². The summed E-state index contributed by atoms with van der Waals surface area (Å²) >= 11 is 5.35. The molecule has 0 bridgehead atoms. The summed E-state index contributed by atoms with van der Waals surface area (Å²) in [6.45, 7) is 1.83. The molecule has 1 amide bonds. The Morgan fingerprint density at radius 3 is 2.92 bits per heavy atom. The van der Waals surface area contributed by atoms with Crippen LogP contribution in [0.2, 0.25) is 0 Å². The third-order valence-corrected chi connectivity index (χ3v) is 5.89. The Hall–Kier alpha value is -1.75. The predicted molar refractivity (Wildman–Crippen MR) is 93.9 cm³/mol. The topological polar surface area (TPSA) is 81.4 Å². The number of fused-ring (bicyclic) bond motifs is 1. The van der Waals surface area contributed by atoms with Crippen molar-refractivity contribution in [2.45, 2.75) is 31.2 Å². The first kappa shape index (κ1) is 17.1. The first-order chi connectivity index (χ1) is 11.5. The van der Waals surface area contributed by atoms with Crippen LogP contribution in [0, 0.1) is 17.2 Å². The zero-order valence-electron chi connectivity index (χ0n) is 13.0. The molecular formula is C17H16N2O3S2. The largest absolute Gasteiger partial charge is 0.392 e. The predicted octanol–water partition coefficient (Wildman–Crippen LogP) is 2.07. The number of amides is 1. The Kier molecular flexibility index (Phi) is 4.72. The van der Waals surface area contributed by atoms with Gasteiger partial charge in [0.2, 0.25) is 11.0 Å². The van der Waals surface area contributed by atoms with Crippen LogP contribution in [0.3, 0.4) is 0 Å². The lowest BCUT2D eigenvalue weighted by Gasteiger charge is -2.44. The molecule has 0 aromatic heterocycles. The first-order valence-corrected chi connectivity index (χ1v) is 8.93. The molecule has 124 valence electrons. The number of carbonyl (C=O) groups is 2. The Labute approximate surface area is 149 Å². The van der Waals surface area contributed by atoms with Crippen LogP contribution in [0.5, 0.6) is 0 Å². The van der Waals surface area contributed by atoms with E-state index in [9.17, 15) is 14.7 Å². The quantitative estimate of drug-likeness (QED) is 0.621. The number of benzene rings is 1. The maximum atomic E-state index is 12.3. The summed E-state index contributed by atoms with van der Waals surface area (Å²) < 4.78 is 0. The number of aliphatic hydroxyl groups is 1. The van der Waals surface area contributed by atoms with Crippen molar-refractivity contribution in [3.05, 3.63) is 46.0 Å². The molecule has 2 heterocycles. The monoisotopic (exact) mass is 360 g/mol. The second-order valence-corrected chi connectivity index (χ2v) is 7.40. The van der Waals surface area contributed by atoms with Gasteiger partial charge in [0, 0.05) is 11.3 Å². The molecule has 1 aromatic carbocycles. The number of thioether (sulfide) groups is 1. The molecule has 0 aliphatic carbocycles. The van der Waals surface area contributed by atoms with E-state index in [4.69, 9.17) is 5.26 Å². The van der Waals surface area contributed by atoms with Gasteiger partial charge in [0.1, 0.15) is 11.1 Å². The number of nitrogens with zero attached hydrogens (tertiary/aromatic N) is 2. The van der Waals surface area contributed by atoms with E-state index < -0.39 is 17.1 Å². The fourth-order valence-electron chi connectivity index (χ4n) is 3.08. The number of rotatable bonds is 5. The molecule has 3 atom stereocenters. The number of carbonyl (C=O) groups excluding carboxylic acids is 2. The van der Waals surface area contributed by atoms with Gasteiger partial charge < -0.3 is 5.11 Å². The van der Waals surface area contributed by atoms with Crippen LogP contribution in [0.15, 0.2) is 34.9 Å². The normalized spacial score (nSPS) is 23.6. The van der Waals surface area contributed by atoms with Gasteiger partial charge in [-0.25, -0.2) is 0 Å². The number of hydrogen-bond acceptors (Lipinski definition) is 5. The van der Waals surface area contributed by atoms with E-state index in [1.807, 2.05) is 13.0 Å². The molecule has 3 rings (SSSR count). The molecule has 0 radical (unpaired) electrons. The van der Waals surface area contributed by atoms with Gasteiger partial charge in [0.15, 0.2) is 0 Å². The lowest BCUT2D eigenvalue weighted by atomic mass is 9.90. The minimum absolute atomic E-state index is 0.222. The fraction of sp³-hybridized carbons (Fsp3) is 0.353. The SMILES string of the molecule is CC[C@H](O)[C@@H]1C(=O)N2C(C(=O)S)=C(Cc3cccc(C#N)c3)S[C@H]12. The highest BCUT2D eigenvalue weighted by Crippen LogP contribution is 2.51. The standard InChI is InChI=1S/C17H16N2O3S2/c1-2-11(20)13-15(21)19-14(17(22)23)12(24-16(13)19)7-9-4-3-5-10(6-9)8-18/h3-6,11,13,16,20H,2,7H2,1H3,(H,22,23)/t11-,13+,16+/m0/s1. The van der Waals surface area contributed by atoms with E-state index >= 15 is 0 Å². The van der Waals surface area contributed by atoms with Gasteiger partial charge in [0.25, 0.3) is 0 Å². The van der Waals surface area contributed by atoms with Crippen molar-refractivity contribution < 1.29 is 14.7 Å². The van der Waals surface area contributed by atoms with Gasteiger partial charge in [-0.05, 0) is 24.1 Å². The number of aliphatic hydroxyl groups excluding tert-OH is 1. The Balaban J connectivity index is 1.89. The van der Waals surface area contributed by atoms with Crippen molar-refractivity contribution in [3.63, 3.8) is 0 Å². The van der Waals surface area contributed by atoms with Crippen molar-refractivity contribution in [1.29, 1.82) is 5.26 Å². The van der Waals surface area contributed by atoms with E-state index in [-0.39, 0.29) is 11.3 Å². The summed E-state index contributed by atoms with van der Waals surface area (Å²) in [5.41, 5.74) is 1.75. The van der Waals surface area contributed by atoms with Gasteiger partial charge in [-0.3, -0.25) is 14.5 Å². The molecule has 5 nitrogen and oxygen atoms in total. The molecule has 0 unspecified atom stereocenters. The highest BCUT2D eigenvalue weighted by Gasteiger charge is 2.57. The number of thiol groups is 1.